The minimum absolute atomic E-state index is 0.0632. The Hall–Kier alpha value is -1.97. The molecule has 0 saturated carbocycles. The first-order chi connectivity index (χ1) is 11.9. The lowest BCUT2D eigenvalue weighted by molar-refractivity contribution is -0.129. The molecule has 1 aliphatic heterocycles. The zero-order valence-corrected chi connectivity index (χ0v) is 15.2. The van der Waals surface area contributed by atoms with Gasteiger partial charge in [0.15, 0.2) is 0 Å². The van der Waals surface area contributed by atoms with Gasteiger partial charge in [0.1, 0.15) is 0 Å². The van der Waals surface area contributed by atoms with Crippen molar-refractivity contribution in [3.8, 4) is 0 Å². The van der Waals surface area contributed by atoms with E-state index < -0.39 is 10.0 Å². The molecule has 2 amide bonds. The van der Waals surface area contributed by atoms with E-state index in [2.05, 4.69) is 5.32 Å². The second kappa shape index (κ2) is 8.41. The summed E-state index contributed by atoms with van der Waals surface area (Å²) in [6.45, 7) is 3.41. The fourth-order valence-electron chi connectivity index (χ4n) is 2.56. The smallest absolute Gasteiger partial charge is 0.251 e. The predicted octanol–water partition coefficient (Wildman–Crippen LogP) is -0.0844. The van der Waals surface area contributed by atoms with Crippen molar-refractivity contribution in [1.82, 2.24) is 14.5 Å². The van der Waals surface area contributed by atoms with Crippen LogP contribution in [0.5, 0.6) is 0 Å². The molecule has 138 valence electrons. The summed E-state index contributed by atoms with van der Waals surface area (Å²) in [6, 6.07) is 5.95. The van der Waals surface area contributed by atoms with E-state index in [1.807, 2.05) is 0 Å². The van der Waals surface area contributed by atoms with Gasteiger partial charge in [0.25, 0.3) is 5.91 Å². The zero-order valence-electron chi connectivity index (χ0n) is 14.4. The van der Waals surface area contributed by atoms with E-state index in [-0.39, 0.29) is 35.4 Å². The third-order valence-electron chi connectivity index (χ3n) is 4.01. The van der Waals surface area contributed by atoms with Gasteiger partial charge in [-0.25, -0.2) is 8.42 Å². The molecule has 2 rings (SSSR count). The number of amides is 2. The van der Waals surface area contributed by atoms with Crippen LogP contribution >= 0.6 is 0 Å². The van der Waals surface area contributed by atoms with Gasteiger partial charge in [-0.3, -0.25) is 9.59 Å². The minimum Gasteiger partial charge on any atom is -0.383 e. The molecule has 1 saturated heterocycles. The van der Waals surface area contributed by atoms with Crippen LogP contribution in [0.15, 0.2) is 29.2 Å². The molecule has 0 spiro atoms. The molecule has 0 atom stereocenters. The predicted molar refractivity (Wildman–Crippen MR) is 91.7 cm³/mol. The number of hydrogen-bond acceptors (Lipinski definition) is 5. The van der Waals surface area contributed by atoms with Gasteiger partial charge in [-0.15, -0.1) is 0 Å². The highest BCUT2D eigenvalue weighted by Crippen LogP contribution is 2.19. The van der Waals surface area contributed by atoms with Gasteiger partial charge in [-0.05, 0) is 18.2 Å². The Bertz CT molecular complexity index is 727. The van der Waals surface area contributed by atoms with Crippen LogP contribution in [0.2, 0.25) is 0 Å². The largest absolute Gasteiger partial charge is 0.383 e. The SMILES string of the molecule is COCCNC(=O)c1cccc(S(=O)(=O)N2CCN(C(C)=O)CC2)c1. The van der Waals surface area contributed by atoms with E-state index in [0.29, 0.717) is 26.2 Å². The molecule has 0 aromatic heterocycles. The third-order valence-corrected chi connectivity index (χ3v) is 5.90. The molecule has 1 N–H and O–H groups in total. The van der Waals surface area contributed by atoms with Gasteiger partial charge in [0.05, 0.1) is 11.5 Å². The monoisotopic (exact) mass is 369 g/mol. The summed E-state index contributed by atoms with van der Waals surface area (Å²) in [5.74, 6) is -0.415. The van der Waals surface area contributed by atoms with E-state index in [0.717, 1.165) is 0 Å². The van der Waals surface area contributed by atoms with E-state index >= 15 is 0 Å². The van der Waals surface area contributed by atoms with Gasteiger partial charge in [-0.2, -0.15) is 4.31 Å². The van der Waals surface area contributed by atoms with Gasteiger partial charge >= 0.3 is 0 Å². The summed E-state index contributed by atoms with van der Waals surface area (Å²) >= 11 is 0. The highest BCUT2D eigenvalue weighted by molar-refractivity contribution is 7.89. The molecule has 25 heavy (non-hydrogen) atoms. The second-order valence-electron chi connectivity index (χ2n) is 5.69. The molecular formula is C16H23N3O5S. The number of rotatable bonds is 6. The highest BCUT2D eigenvalue weighted by atomic mass is 32.2. The first-order valence-corrected chi connectivity index (χ1v) is 9.43. The summed E-state index contributed by atoms with van der Waals surface area (Å²) < 4.78 is 31.7. The van der Waals surface area contributed by atoms with Gasteiger partial charge in [0.2, 0.25) is 15.9 Å². The summed E-state index contributed by atoms with van der Waals surface area (Å²) in [4.78, 5) is 25.1. The van der Waals surface area contributed by atoms with Crippen molar-refractivity contribution in [3.05, 3.63) is 29.8 Å². The van der Waals surface area contributed by atoms with Crippen molar-refractivity contribution in [3.63, 3.8) is 0 Å². The fraction of sp³-hybridized carbons (Fsp3) is 0.500. The second-order valence-corrected chi connectivity index (χ2v) is 7.62. The Morgan fingerprint density at radius 1 is 1.20 bits per heavy atom. The first-order valence-electron chi connectivity index (χ1n) is 7.99. The molecule has 0 unspecified atom stereocenters. The van der Waals surface area contributed by atoms with Crippen LogP contribution in [0.25, 0.3) is 0 Å². The standard InChI is InChI=1S/C16H23N3O5S/c1-13(20)18-7-9-19(10-8-18)25(22,23)15-5-3-4-14(12-15)16(21)17-6-11-24-2/h3-5,12H,6-11H2,1-2H3,(H,17,21). The molecule has 1 heterocycles. The molecule has 1 aromatic rings. The molecule has 1 aliphatic rings. The minimum atomic E-state index is -3.70. The number of hydrogen-bond donors (Lipinski definition) is 1. The van der Waals surface area contributed by atoms with E-state index in [1.54, 1.807) is 17.0 Å². The zero-order chi connectivity index (χ0) is 18.4. The molecule has 9 heteroatoms. The van der Waals surface area contributed by atoms with E-state index in [4.69, 9.17) is 4.74 Å². The van der Waals surface area contributed by atoms with Crippen molar-refractivity contribution in [1.29, 1.82) is 0 Å². The van der Waals surface area contributed by atoms with E-state index in [9.17, 15) is 18.0 Å². The molecule has 8 nitrogen and oxygen atoms in total. The average Bonchev–Trinajstić information content (AvgIpc) is 2.62. The number of benzene rings is 1. The Morgan fingerprint density at radius 3 is 2.48 bits per heavy atom. The Kier molecular flexibility index (Phi) is 6.51. The molecule has 0 aliphatic carbocycles. The van der Waals surface area contributed by atoms with E-state index in [1.165, 1.54) is 30.5 Å². The Balaban J connectivity index is 2.11. The van der Waals surface area contributed by atoms with Crippen molar-refractivity contribution in [2.24, 2.45) is 0 Å². The Morgan fingerprint density at radius 2 is 1.88 bits per heavy atom. The van der Waals surface area contributed by atoms with Crippen LogP contribution in [-0.4, -0.2) is 75.9 Å². The molecule has 1 aromatic carbocycles. The maximum atomic E-state index is 12.8. The number of nitrogens with one attached hydrogen (secondary N) is 1. The number of carbonyl (C=O) groups excluding carboxylic acids is 2. The topological polar surface area (TPSA) is 96.0 Å². The number of piperazine rings is 1. The number of sulfonamides is 1. The van der Waals surface area contributed by atoms with Crippen molar-refractivity contribution in [2.45, 2.75) is 11.8 Å². The lowest BCUT2D eigenvalue weighted by atomic mass is 10.2. The van der Waals surface area contributed by atoms with Crippen LogP contribution < -0.4 is 5.32 Å². The first kappa shape index (κ1) is 19.4. The van der Waals surface area contributed by atoms with Crippen LogP contribution in [-0.2, 0) is 19.6 Å². The van der Waals surface area contributed by atoms with Crippen molar-refractivity contribution in [2.75, 3.05) is 46.4 Å². The molecule has 0 radical (unpaired) electrons. The highest BCUT2D eigenvalue weighted by Gasteiger charge is 2.29. The van der Waals surface area contributed by atoms with Crippen LogP contribution in [0.4, 0.5) is 0 Å². The lowest BCUT2D eigenvalue weighted by Gasteiger charge is -2.33. The Labute approximate surface area is 147 Å². The summed E-state index contributed by atoms with van der Waals surface area (Å²) in [6.07, 6.45) is 0. The number of methoxy groups -OCH3 is 1. The number of carbonyl (C=O) groups is 2. The van der Waals surface area contributed by atoms with Crippen LogP contribution in [0.3, 0.4) is 0 Å². The summed E-state index contributed by atoms with van der Waals surface area (Å²) in [5, 5.41) is 2.66. The summed E-state index contributed by atoms with van der Waals surface area (Å²) in [5.41, 5.74) is 0.277. The number of ether oxygens (including phenoxy) is 1. The van der Waals surface area contributed by atoms with Crippen molar-refractivity contribution >= 4 is 21.8 Å². The summed E-state index contributed by atoms with van der Waals surface area (Å²) in [7, 11) is -2.17. The molecule has 0 bridgehead atoms. The van der Waals surface area contributed by atoms with Gasteiger partial charge in [-0.1, -0.05) is 6.07 Å². The molecular weight excluding hydrogens is 346 g/mol. The van der Waals surface area contributed by atoms with Crippen molar-refractivity contribution < 1.29 is 22.7 Å². The molecule has 1 fully saturated rings. The van der Waals surface area contributed by atoms with Crippen LogP contribution in [0, 0.1) is 0 Å². The number of nitrogens with zero attached hydrogens (tertiary/aromatic N) is 2. The van der Waals surface area contributed by atoms with Gasteiger partial charge in [0, 0.05) is 52.3 Å². The van der Waals surface area contributed by atoms with Crippen LogP contribution in [0.1, 0.15) is 17.3 Å². The lowest BCUT2D eigenvalue weighted by Crippen LogP contribution is -2.49. The maximum Gasteiger partial charge on any atom is 0.251 e. The maximum absolute atomic E-state index is 12.8. The fourth-order valence-corrected chi connectivity index (χ4v) is 4.03. The third kappa shape index (κ3) is 4.77. The average molecular weight is 369 g/mol. The normalized spacial score (nSPS) is 15.8. The quantitative estimate of drug-likeness (QED) is 0.708. The van der Waals surface area contributed by atoms with Gasteiger partial charge < -0.3 is 15.0 Å².